The van der Waals surface area contributed by atoms with Crippen molar-refractivity contribution in [1.82, 2.24) is 15.3 Å². The van der Waals surface area contributed by atoms with E-state index in [2.05, 4.69) is 45.3 Å². The van der Waals surface area contributed by atoms with Crippen LogP contribution in [0.3, 0.4) is 0 Å². The van der Waals surface area contributed by atoms with Crippen molar-refractivity contribution >= 4 is 0 Å². The van der Waals surface area contributed by atoms with Crippen LogP contribution >= 0.6 is 0 Å². The van der Waals surface area contributed by atoms with Gasteiger partial charge in [-0.25, -0.2) is 9.97 Å². The van der Waals surface area contributed by atoms with Gasteiger partial charge in [-0.15, -0.1) is 0 Å². The number of nitrogens with two attached hydrogens (primary N) is 1. The molecule has 1 atom stereocenters. The normalized spacial score (nSPS) is 18.5. The van der Waals surface area contributed by atoms with Crippen molar-refractivity contribution in [3.63, 3.8) is 0 Å². The summed E-state index contributed by atoms with van der Waals surface area (Å²) >= 11 is 0. The van der Waals surface area contributed by atoms with Crippen LogP contribution in [-0.2, 0) is 10.2 Å². The summed E-state index contributed by atoms with van der Waals surface area (Å²) in [5, 5.41) is 3.31. The predicted octanol–water partition coefficient (Wildman–Crippen LogP) is 3.72. The smallest absolute Gasteiger partial charge is 0.132 e. The van der Waals surface area contributed by atoms with E-state index >= 15 is 0 Å². The lowest BCUT2D eigenvalue weighted by atomic mass is 9.72. The molecule has 2 aliphatic rings. The van der Waals surface area contributed by atoms with Crippen LogP contribution in [0.2, 0.25) is 0 Å². The first-order valence-corrected chi connectivity index (χ1v) is 10.4. The Labute approximate surface area is 187 Å². The zero-order chi connectivity index (χ0) is 22.3. The molecule has 0 unspecified atom stereocenters. The van der Waals surface area contributed by atoms with Gasteiger partial charge in [0.1, 0.15) is 23.4 Å². The Morgan fingerprint density at radius 2 is 1.78 bits per heavy atom. The number of nitrogens with one attached hydrogen (secondary N) is 1. The minimum absolute atomic E-state index is 0.465. The van der Waals surface area contributed by atoms with Crippen LogP contribution in [-0.4, -0.2) is 29.2 Å². The topological polar surface area (TPSA) is 82.3 Å². The molecule has 0 saturated heterocycles. The van der Waals surface area contributed by atoms with Gasteiger partial charge in [-0.05, 0) is 55.8 Å². The molecule has 1 aromatic heterocycles. The first kappa shape index (κ1) is 20.1. The minimum atomic E-state index is -0.525. The number of methoxy groups -OCH3 is 1. The van der Waals surface area contributed by atoms with Gasteiger partial charge in [-0.1, -0.05) is 17.9 Å². The molecule has 2 aliphatic heterocycles. The summed E-state index contributed by atoms with van der Waals surface area (Å²) in [6, 6.07) is 12.2. The van der Waals surface area contributed by atoms with E-state index < -0.39 is 11.0 Å². The highest BCUT2D eigenvalue weighted by Gasteiger charge is 2.44. The number of aromatic nitrogens is 2. The number of ether oxygens (including phenoxy) is 2. The third kappa shape index (κ3) is 3.37. The van der Waals surface area contributed by atoms with Gasteiger partial charge in [0.05, 0.1) is 11.2 Å². The maximum atomic E-state index is 6.31. The molecule has 1 spiro atoms. The number of benzene rings is 2. The molecule has 0 aliphatic carbocycles. The van der Waals surface area contributed by atoms with Crippen LogP contribution in [0.5, 0.6) is 11.5 Å². The number of hydrogen-bond acceptors (Lipinski definition) is 6. The van der Waals surface area contributed by atoms with Gasteiger partial charge in [0.2, 0.25) is 0 Å². The average Bonchev–Trinajstić information content (AvgIpc) is 3.21. The van der Waals surface area contributed by atoms with Crippen molar-refractivity contribution in [3.05, 3.63) is 83.7 Å². The SMILES string of the molecule is COC(C)(C)C#Cc1ccc2c(c1)[C@]1(C=C(N)NC1)c1cc(-c3cncnc3)ccc1O2. The Morgan fingerprint density at radius 1 is 1.06 bits per heavy atom. The largest absolute Gasteiger partial charge is 0.457 e. The maximum absolute atomic E-state index is 6.31. The molecule has 2 aromatic carbocycles. The van der Waals surface area contributed by atoms with E-state index in [0.29, 0.717) is 12.4 Å². The van der Waals surface area contributed by atoms with Crippen molar-refractivity contribution in [1.29, 1.82) is 0 Å². The fourth-order valence-electron chi connectivity index (χ4n) is 4.13. The van der Waals surface area contributed by atoms with E-state index in [-0.39, 0.29) is 0 Å². The Morgan fingerprint density at radius 3 is 2.47 bits per heavy atom. The van der Waals surface area contributed by atoms with Gasteiger partial charge in [-0.3, -0.25) is 0 Å². The van der Waals surface area contributed by atoms with Crippen LogP contribution in [0.1, 0.15) is 30.5 Å². The van der Waals surface area contributed by atoms with Crippen LogP contribution in [0.25, 0.3) is 11.1 Å². The second-order valence-corrected chi connectivity index (χ2v) is 8.54. The first-order valence-electron chi connectivity index (χ1n) is 10.4. The first-order chi connectivity index (χ1) is 15.4. The van der Waals surface area contributed by atoms with E-state index in [9.17, 15) is 0 Å². The fraction of sp³-hybridized carbons (Fsp3) is 0.231. The van der Waals surface area contributed by atoms with Crippen LogP contribution < -0.4 is 15.8 Å². The van der Waals surface area contributed by atoms with Crippen LogP contribution in [0.15, 0.2) is 67.0 Å². The summed E-state index contributed by atoms with van der Waals surface area (Å²) < 4.78 is 11.7. The highest BCUT2D eigenvalue weighted by molar-refractivity contribution is 5.70. The van der Waals surface area contributed by atoms with Gasteiger partial charge < -0.3 is 20.5 Å². The fourth-order valence-corrected chi connectivity index (χ4v) is 4.13. The lowest BCUT2D eigenvalue weighted by Gasteiger charge is -2.36. The molecular weight excluding hydrogens is 400 g/mol. The summed E-state index contributed by atoms with van der Waals surface area (Å²) in [6.45, 7) is 4.52. The Bertz CT molecular complexity index is 1290. The molecule has 0 radical (unpaired) electrons. The molecule has 0 fully saturated rings. The Kier molecular flexibility index (Phi) is 4.65. The molecule has 6 heteroatoms. The molecule has 0 amide bonds. The second-order valence-electron chi connectivity index (χ2n) is 8.54. The van der Waals surface area contributed by atoms with E-state index in [4.69, 9.17) is 15.2 Å². The molecule has 3 N–H and O–H groups in total. The van der Waals surface area contributed by atoms with E-state index in [1.54, 1.807) is 19.5 Å². The Balaban J connectivity index is 1.66. The molecular formula is C26H24N4O2. The van der Waals surface area contributed by atoms with Gasteiger partial charge >= 0.3 is 0 Å². The molecule has 6 nitrogen and oxygen atoms in total. The molecule has 3 heterocycles. The summed E-state index contributed by atoms with van der Waals surface area (Å²) in [4.78, 5) is 8.31. The summed E-state index contributed by atoms with van der Waals surface area (Å²) in [5.41, 5.74) is 10.2. The third-order valence-corrected chi connectivity index (χ3v) is 6.03. The third-order valence-electron chi connectivity index (χ3n) is 6.03. The summed E-state index contributed by atoms with van der Waals surface area (Å²) in [5.74, 6) is 8.69. The van der Waals surface area contributed by atoms with E-state index in [1.165, 1.54) is 6.33 Å². The monoisotopic (exact) mass is 424 g/mol. The van der Waals surface area contributed by atoms with Crippen molar-refractivity contribution in [2.75, 3.05) is 13.7 Å². The van der Waals surface area contributed by atoms with Crippen molar-refractivity contribution < 1.29 is 9.47 Å². The number of rotatable bonds is 2. The lowest BCUT2D eigenvalue weighted by molar-refractivity contribution is 0.0742. The standard InChI is InChI=1S/C26H24N4O2/c1-25(2,31-3)9-8-17-4-6-22-20(10-17)26(12-24(27)30-15-26)21-11-18(5-7-23(21)32-22)19-13-28-16-29-14-19/h4-7,10-14,16,30H,15,27H2,1-3H3/t26-/m1/s1. The zero-order valence-electron chi connectivity index (χ0n) is 18.3. The maximum Gasteiger partial charge on any atom is 0.132 e. The van der Waals surface area contributed by atoms with Crippen molar-refractivity contribution in [3.8, 4) is 34.5 Å². The summed E-state index contributed by atoms with van der Waals surface area (Å²) in [7, 11) is 1.66. The highest BCUT2D eigenvalue weighted by Crippen LogP contribution is 2.51. The molecule has 160 valence electrons. The number of hydrogen-bond donors (Lipinski definition) is 2. The molecule has 0 saturated carbocycles. The van der Waals surface area contributed by atoms with Crippen LogP contribution in [0.4, 0.5) is 0 Å². The number of fused-ring (bicyclic) bond motifs is 4. The molecule has 32 heavy (non-hydrogen) atoms. The van der Waals surface area contributed by atoms with E-state index in [1.807, 2.05) is 38.1 Å². The summed E-state index contributed by atoms with van der Waals surface area (Å²) in [6.07, 6.45) is 7.22. The molecule has 0 bridgehead atoms. The average molecular weight is 425 g/mol. The zero-order valence-corrected chi connectivity index (χ0v) is 18.3. The Hall–Kier alpha value is -3.82. The highest BCUT2D eigenvalue weighted by atomic mass is 16.5. The van der Waals surface area contributed by atoms with Gasteiger partial charge in [-0.2, -0.15) is 0 Å². The van der Waals surface area contributed by atoms with Crippen molar-refractivity contribution in [2.45, 2.75) is 24.9 Å². The minimum Gasteiger partial charge on any atom is -0.457 e. The second kappa shape index (κ2) is 7.40. The van der Waals surface area contributed by atoms with E-state index in [0.717, 1.165) is 39.3 Å². The molecule has 5 rings (SSSR count). The lowest BCUT2D eigenvalue weighted by Crippen LogP contribution is -2.34. The van der Waals surface area contributed by atoms with Gasteiger partial charge in [0, 0.05) is 48.3 Å². The predicted molar refractivity (Wildman–Crippen MR) is 123 cm³/mol. The van der Waals surface area contributed by atoms with Gasteiger partial charge in [0.15, 0.2) is 0 Å². The van der Waals surface area contributed by atoms with Crippen LogP contribution in [0, 0.1) is 11.8 Å². The van der Waals surface area contributed by atoms with Crippen molar-refractivity contribution in [2.24, 2.45) is 5.73 Å². The number of nitrogens with zero attached hydrogens (tertiary/aromatic N) is 2. The quantitative estimate of drug-likeness (QED) is 0.611. The molecule has 3 aromatic rings. The van der Waals surface area contributed by atoms with Gasteiger partial charge in [0.25, 0.3) is 0 Å².